The van der Waals surface area contributed by atoms with Gasteiger partial charge in [-0.2, -0.15) is 4.31 Å². The lowest BCUT2D eigenvalue weighted by atomic mass is 9.95. The lowest BCUT2D eigenvalue weighted by Crippen LogP contribution is -2.41. The van der Waals surface area contributed by atoms with Crippen LogP contribution in [0, 0.1) is 11.7 Å². The maximum atomic E-state index is 13.0. The van der Waals surface area contributed by atoms with Crippen molar-refractivity contribution < 1.29 is 27.1 Å². The van der Waals surface area contributed by atoms with Crippen LogP contribution in [0.2, 0.25) is 0 Å². The minimum absolute atomic E-state index is 0.0901. The summed E-state index contributed by atoms with van der Waals surface area (Å²) >= 11 is 0. The lowest BCUT2D eigenvalue weighted by Gasteiger charge is -2.31. The fraction of sp³-hybridized carbons (Fsp3) is 0.556. The number of piperidine rings is 1. The average Bonchev–Trinajstić information content (AvgIpc) is 2.67. The summed E-state index contributed by atoms with van der Waals surface area (Å²) in [5.74, 6) is -0.672. The van der Waals surface area contributed by atoms with E-state index in [4.69, 9.17) is 4.74 Å². The number of halogens is 1. The van der Waals surface area contributed by atoms with Crippen molar-refractivity contribution in [3.05, 3.63) is 30.1 Å². The number of carbonyl (C=O) groups is 2. The number of nitrogens with one attached hydrogen (secondary N) is 2. The molecule has 10 heteroatoms. The molecule has 1 fully saturated rings. The topological polar surface area (TPSA) is 105 Å². The molecule has 0 radical (unpaired) electrons. The third-order valence-electron chi connectivity index (χ3n) is 4.56. The van der Waals surface area contributed by atoms with Crippen LogP contribution < -0.4 is 10.6 Å². The molecule has 1 aromatic rings. The van der Waals surface area contributed by atoms with Gasteiger partial charge in [-0.3, -0.25) is 4.79 Å². The van der Waals surface area contributed by atoms with Crippen LogP contribution in [0.15, 0.2) is 29.2 Å². The Morgan fingerprint density at radius 3 is 2.43 bits per heavy atom. The molecule has 1 saturated heterocycles. The molecule has 0 aliphatic carbocycles. The second kappa shape index (κ2) is 10.4. The number of ether oxygens (including phenoxy) is 1. The van der Waals surface area contributed by atoms with Crippen LogP contribution in [0.1, 0.15) is 26.2 Å². The molecule has 0 atom stereocenters. The highest BCUT2D eigenvalue weighted by atomic mass is 32.2. The van der Waals surface area contributed by atoms with E-state index in [-0.39, 0.29) is 18.0 Å². The van der Waals surface area contributed by atoms with Gasteiger partial charge in [-0.25, -0.2) is 17.6 Å². The highest BCUT2D eigenvalue weighted by Gasteiger charge is 2.29. The first kappa shape index (κ1) is 22.1. The van der Waals surface area contributed by atoms with Gasteiger partial charge < -0.3 is 15.4 Å². The number of carbonyl (C=O) groups excluding carboxylic acids is 2. The standard InChI is InChI=1S/C18H26FN3O5S/c1-2-27-17(23)13-21-18(24)20-10-7-14-8-11-22(12-9-14)28(25,26)16-5-3-15(19)4-6-16/h3-6,14H,2,7-13H2,1H3,(H2,20,21,24). The third kappa shape index (κ3) is 6.45. The Morgan fingerprint density at radius 1 is 1.18 bits per heavy atom. The van der Waals surface area contributed by atoms with Crippen molar-refractivity contribution in [2.75, 3.05) is 32.8 Å². The van der Waals surface area contributed by atoms with Gasteiger partial charge in [0.25, 0.3) is 0 Å². The molecule has 1 heterocycles. The van der Waals surface area contributed by atoms with E-state index in [1.54, 1.807) is 6.92 Å². The number of amides is 2. The van der Waals surface area contributed by atoms with Crippen molar-refractivity contribution in [1.29, 1.82) is 0 Å². The Balaban J connectivity index is 1.70. The lowest BCUT2D eigenvalue weighted by molar-refractivity contribution is -0.141. The number of benzene rings is 1. The van der Waals surface area contributed by atoms with Gasteiger partial charge in [-0.05, 0) is 56.4 Å². The summed E-state index contributed by atoms with van der Waals surface area (Å²) in [5, 5.41) is 5.09. The van der Waals surface area contributed by atoms with Gasteiger partial charge in [0.1, 0.15) is 12.4 Å². The Morgan fingerprint density at radius 2 is 1.82 bits per heavy atom. The monoisotopic (exact) mass is 415 g/mol. The first-order valence-corrected chi connectivity index (χ1v) is 10.7. The zero-order valence-corrected chi connectivity index (χ0v) is 16.6. The van der Waals surface area contributed by atoms with Gasteiger partial charge in [0.05, 0.1) is 11.5 Å². The largest absolute Gasteiger partial charge is 0.465 e. The zero-order valence-electron chi connectivity index (χ0n) is 15.8. The fourth-order valence-electron chi connectivity index (χ4n) is 3.01. The molecule has 156 valence electrons. The number of esters is 1. The normalized spacial score (nSPS) is 15.8. The predicted octanol–water partition coefficient (Wildman–Crippen LogP) is 1.48. The van der Waals surface area contributed by atoms with Crippen LogP contribution >= 0.6 is 0 Å². The predicted molar refractivity (Wildman–Crippen MR) is 101 cm³/mol. The van der Waals surface area contributed by atoms with E-state index < -0.39 is 27.8 Å². The molecule has 28 heavy (non-hydrogen) atoms. The second-order valence-corrected chi connectivity index (χ2v) is 8.44. The first-order chi connectivity index (χ1) is 13.3. The van der Waals surface area contributed by atoms with E-state index in [1.165, 1.54) is 16.4 Å². The molecule has 0 bridgehead atoms. The van der Waals surface area contributed by atoms with Gasteiger partial charge in [0.2, 0.25) is 10.0 Å². The van der Waals surface area contributed by atoms with Gasteiger partial charge in [0.15, 0.2) is 0 Å². The molecular formula is C18H26FN3O5S. The summed E-state index contributed by atoms with van der Waals surface area (Å²) in [5.41, 5.74) is 0. The Labute approximate surface area is 164 Å². The number of urea groups is 1. The van der Waals surface area contributed by atoms with E-state index in [9.17, 15) is 22.4 Å². The van der Waals surface area contributed by atoms with Crippen LogP contribution in [0.4, 0.5) is 9.18 Å². The molecule has 1 aliphatic heterocycles. The molecular weight excluding hydrogens is 389 g/mol. The number of nitrogens with zero attached hydrogens (tertiary/aromatic N) is 1. The average molecular weight is 415 g/mol. The maximum absolute atomic E-state index is 13.0. The number of hydrogen-bond acceptors (Lipinski definition) is 5. The van der Waals surface area contributed by atoms with E-state index in [2.05, 4.69) is 10.6 Å². The van der Waals surface area contributed by atoms with Crippen molar-refractivity contribution in [2.24, 2.45) is 5.92 Å². The summed E-state index contributed by atoms with van der Waals surface area (Å²) in [6, 6.07) is 4.38. The second-order valence-electron chi connectivity index (χ2n) is 6.50. The Hall–Kier alpha value is -2.20. The summed E-state index contributed by atoms with van der Waals surface area (Å²) < 4.78 is 44.3. The zero-order chi connectivity index (χ0) is 20.6. The minimum atomic E-state index is -3.61. The Kier molecular flexibility index (Phi) is 8.18. The molecule has 0 spiro atoms. The van der Waals surface area contributed by atoms with Crippen molar-refractivity contribution in [2.45, 2.75) is 31.1 Å². The van der Waals surface area contributed by atoms with Crippen LogP contribution in [-0.2, 0) is 19.6 Å². The number of hydrogen-bond donors (Lipinski definition) is 2. The van der Waals surface area contributed by atoms with E-state index in [0.29, 0.717) is 38.4 Å². The van der Waals surface area contributed by atoms with Gasteiger partial charge in [-0.15, -0.1) is 0 Å². The molecule has 1 aliphatic rings. The van der Waals surface area contributed by atoms with Crippen LogP contribution in [0.3, 0.4) is 0 Å². The first-order valence-electron chi connectivity index (χ1n) is 9.26. The maximum Gasteiger partial charge on any atom is 0.325 e. The molecule has 2 rings (SSSR count). The quantitative estimate of drug-likeness (QED) is 0.626. The molecule has 0 aromatic heterocycles. The highest BCUT2D eigenvalue weighted by molar-refractivity contribution is 7.89. The molecule has 0 unspecified atom stereocenters. The van der Waals surface area contributed by atoms with Gasteiger partial charge >= 0.3 is 12.0 Å². The molecule has 1 aromatic carbocycles. The highest BCUT2D eigenvalue weighted by Crippen LogP contribution is 2.25. The van der Waals surface area contributed by atoms with E-state index in [1.807, 2.05) is 0 Å². The van der Waals surface area contributed by atoms with E-state index >= 15 is 0 Å². The summed E-state index contributed by atoms with van der Waals surface area (Å²) in [6.07, 6.45) is 2.09. The SMILES string of the molecule is CCOC(=O)CNC(=O)NCCC1CCN(S(=O)(=O)c2ccc(F)cc2)CC1. The molecule has 2 N–H and O–H groups in total. The van der Waals surface area contributed by atoms with Crippen molar-refractivity contribution in [3.63, 3.8) is 0 Å². The smallest absolute Gasteiger partial charge is 0.325 e. The summed E-state index contributed by atoms with van der Waals surface area (Å²) in [4.78, 5) is 22.9. The Bertz CT molecular complexity index is 762. The van der Waals surface area contributed by atoms with Gasteiger partial charge in [-0.1, -0.05) is 0 Å². The van der Waals surface area contributed by atoms with Crippen molar-refractivity contribution >= 4 is 22.0 Å². The summed E-state index contributed by atoms with van der Waals surface area (Å²) in [6.45, 7) is 2.98. The fourth-order valence-corrected chi connectivity index (χ4v) is 4.48. The van der Waals surface area contributed by atoms with Crippen LogP contribution in [-0.4, -0.2) is 57.5 Å². The van der Waals surface area contributed by atoms with Crippen LogP contribution in [0.25, 0.3) is 0 Å². The van der Waals surface area contributed by atoms with E-state index in [0.717, 1.165) is 18.6 Å². The molecule has 8 nitrogen and oxygen atoms in total. The minimum Gasteiger partial charge on any atom is -0.465 e. The molecule has 2 amide bonds. The van der Waals surface area contributed by atoms with Crippen LogP contribution in [0.5, 0.6) is 0 Å². The van der Waals surface area contributed by atoms with Crippen molar-refractivity contribution in [3.8, 4) is 0 Å². The van der Waals surface area contributed by atoms with Gasteiger partial charge in [0, 0.05) is 19.6 Å². The molecule has 0 saturated carbocycles. The summed E-state index contributed by atoms with van der Waals surface area (Å²) in [7, 11) is -3.61. The number of sulfonamides is 1. The number of rotatable bonds is 8. The third-order valence-corrected chi connectivity index (χ3v) is 6.47. The van der Waals surface area contributed by atoms with Crippen molar-refractivity contribution in [1.82, 2.24) is 14.9 Å².